The minimum Gasteiger partial charge on any atom is -0.348 e. The topological polar surface area (TPSA) is 55.1 Å². The largest absolute Gasteiger partial charge is 0.348 e. The lowest BCUT2D eigenvalue weighted by atomic mass is 9.96. The van der Waals surface area contributed by atoms with Crippen LogP contribution in [0, 0.1) is 5.92 Å². The Hall–Kier alpha value is -0.870. The van der Waals surface area contributed by atoms with Crippen LogP contribution in [0.2, 0.25) is 0 Å². The van der Waals surface area contributed by atoms with Gasteiger partial charge in [0.15, 0.2) is 0 Å². The first-order valence-corrected chi connectivity index (χ1v) is 8.63. The molecule has 1 fully saturated rings. The lowest BCUT2D eigenvalue weighted by Gasteiger charge is -2.24. The molecule has 112 valence electrons. The Balaban J connectivity index is 1.89. The van der Waals surface area contributed by atoms with Crippen LogP contribution in [0.1, 0.15) is 62.8 Å². The molecule has 1 aliphatic rings. The predicted molar refractivity (Wildman–Crippen MR) is 84.7 cm³/mol. The Kier molecular flexibility index (Phi) is 6.05. The second-order valence-corrected chi connectivity index (χ2v) is 6.95. The van der Waals surface area contributed by atoms with Crippen LogP contribution in [0.3, 0.4) is 0 Å². The molecule has 0 spiro atoms. The molecule has 2 unspecified atom stereocenters. The molecule has 0 radical (unpaired) electrons. The number of thiophene rings is 1. The minimum absolute atomic E-state index is 0.177. The molecule has 4 heteroatoms. The van der Waals surface area contributed by atoms with Crippen molar-refractivity contribution in [3.8, 4) is 0 Å². The third-order valence-corrected chi connectivity index (χ3v) is 5.06. The second kappa shape index (κ2) is 7.79. The molecule has 1 aliphatic carbocycles. The van der Waals surface area contributed by atoms with Crippen LogP contribution < -0.4 is 11.1 Å². The maximum absolute atomic E-state index is 12.1. The van der Waals surface area contributed by atoms with Gasteiger partial charge in [0, 0.05) is 17.3 Å². The smallest absolute Gasteiger partial charge is 0.220 e. The Morgan fingerprint density at radius 3 is 2.85 bits per heavy atom. The Labute approximate surface area is 125 Å². The molecular formula is C16H26N2OS. The van der Waals surface area contributed by atoms with Gasteiger partial charge in [0.1, 0.15) is 0 Å². The number of carbonyl (C=O) groups is 1. The van der Waals surface area contributed by atoms with Gasteiger partial charge in [0.25, 0.3) is 0 Å². The van der Waals surface area contributed by atoms with E-state index in [1.807, 2.05) is 6.92 Å². The summed E-state index contributed by atoms with van der Waals surface area (Å²) in [4.78, 5) is 13.4. The maximum Gasteiger partial charge on any atom is 0.220 e. The van der Waals surface area contributed by atoms with Gasteiger partial charge in [-0.25, -0.2) is 0 Å². The molecule has 2 atom stereocenters. The van der Waals surface area contributed by atoms with Crippen molar-refractivity contribution >= 4 is 17.2 Å². The summed E-state index contributed by atoms with van der Waals surface area (Å²) in [5.74, 6) is 0.794. The average molecular weight is 294 g/mol. The van der Waals surface area contributed by atoms with Crippen LogP contribution >= 0.6 is 11.3 Å². The van der Waals surface area contributed by atoms with E-state index in [-0.39, 0.29) is 18.0 Å². The highest BCUT2D eigenvalue weighted by Gasteiger charge is 2.28. The van der Waals surface area contributed by atoms with E-state index in [0.29, 0.717) is 12.3 Å². The third kappa shape index (κ3) is 4.60. The number of hydrogen-bond donors (Lipinski definition) is 2. The first-order valence-electron chi connectivity index (χ1n) is 7.75. The standard InChI is InChI=1S/C16H26N2OS/c1-12(17)6-4-10-15(19)18-16(13-7-2-3-8-13)14-9-5-11-20-14/h5,9,11-13,16H,2-4,6-8,10,17H2,1H3,(H,18,19). The first kappa shape index (κ1) is 15.5. The number of hydrogen-bond acceptors (Lipinski definition) is 3. The van der Waals surface area contributed by atoms with Gasteiger partial charge in [0.05, 0.1) is 6.04 Å². The SMILES string of the molecule is CC(N)CCCC(=O)NC(c1cccs1)C1CCCC1. The van der Waals surface area contributed by atoms with E-state index in [2.05, 4.69) is 22.8 Å². The molecule has 1 heterocycles. The van der Waals surface area contributed by atoms with E-state index in [0.717, 1.165) is 12.8 Å². The normalized spacial score (nSPS) is 18.9. The molecular weight excluding hydrogens is 268 g/mol. The van der Waals surface area contributed by atoms with E-state index in [4.69, 9.17) is 5.73 Å². The van der Waals surface area contributed by atoms with Crippen LogP contribution in [-0.4, -0.2) is 11.9 Å². The summed E-state index contributed by atoms with van der Waals surface area (Å²) in [5.41, 5.74) is 5.73. The highest BCUT2D eigenvalue weighted by molar-refractivity contribution is 7.10. The van der Waals surface area contributed by atoms with Crippen molar-refractivity contribution in [3.05, 3.63) is 22.4 Å². The number of rotatable bonds is 7. The molecule has 1 aromatic rings. The van der Waals surface area contributed by atoms with Crippen LogP contribution in [0.15, 0.2) is 17.5 Å². The quantitative estimate of drug-likeness (QED) is 0.807. The zero-order chi connectivity index (χ0) is 14.4. The molecule has 20 heavy (non-hydrogen) atoms. The van der Waals surface area contributed by atoms with E-state index < -0.39 is 0 Å². The van der Waals surface area contributed by atoms with Gasteiger partial charge in [0.2, 0.25) is 5.91 Å². The monoisotopic (exact) mass is 294 g/mol. The van der Waals surface area contributed by atoms with Crippen LogP contribution in [0.4, 0.5) is 0 Å². The Bertz CT molecular complexity index is 397. The number of nitrogens with one attached hydrogen (secondary N) is 1. The van der Waals surface area contributed by atoms with Crippen molar-refractivity contribution in [1.29, 1.82) is 0 Å². The van der Waals surface area contributed by atoms with Crippen LogP contribution in [0.5, 0.6) is 0 Å². The van der Waals surface area contributed by atoms with Gasteiger partial charge < -0.3 is 11.1 Å². The Morgan fingerprint density at radius 1 is 1.50 bits per heavy atom. The van der Waals surface area contributed by atoms with Gasteiger partial charge in [-0.1, -0.05) is 18.9 Å². The highest BCUT2D eigenvalue weighted by Crippen LogP contribution is 2.37. The molecule has 1 saturated carbocycles. The van der Waals surface area contributed by atoms with Crippen LogP contribution in [0.25, 0.3) is 0 Å². The molecule has 0 aromatic carbocycles. The average Bonchev–Trinajstić information content (AvgIpc) is 3.09. The summed E-state index contributed by atoms with van der Waals surface area (Å²) < 4.78 is 0. The van der Waals surface area contributed by atoms with Crippen molar-refractivity contribution in [2.24, 2.45) is 11.7 Å². The summed E-state index contributed by atoms with van der Waals surface area (Å²) in [6.45, 7) is 1.99. The summed E-state index contributed by atoms with van der Waals surface area (Å²) in [7, 11) is 0. The highest BCUT2D eigenvalue weighted by atomic mass is 32.1. The molecule has 2 rings (SSSR count). The lowest BCUT2D eigenvalue weighted by molar-refractivity contribution is -0.122. The van der Waals surface area contributed by atoms with E-state index in [1.54, 1.807) is 11.3 Å². The summed E-state index contributed by atoms with van der Waals surface area (Å²) in [5, 5.41) is 5.36. The predicted octanol–water partition coefficient (Wildman–Crippen LogP) is 3.61. The first-order chi connectivity index (χ1) is 9.66. The fraction of sp³-hybridized carbons (Fsp3) is 0.688. The third-order valence-electron chi connectivity index (χ3n) is 4.10. The second-order valence-electron chi connectivity index (χ2n) is 5.97. The van der Waals surface area contributed by atoms with Gasteiger partial charge in [-0.15, -0.1) is 11.3 Å². The molecule has 1 aromatic heterocycles. The van der Waals surface area contributed by atoms with Gasteiger partial charge in [-0.3, -0.25) is 4.79 Å². The molecule has 0 bridgehead atoms. The summed E-state index contributed by atoms with van der Waals surface area (Å²) in [6, 6.07) is 4.63. The van der Waals surface area contributed by atoms with Gasteiger partial charge in [-0.05, 0) is 50.0 Å². The number of amides is 1. The zero-order valence-electron chi connectivity index (χ0n) is 12.3. The molecule has 3 N–H and O–H groups in total. The molecule has 1 amide bonds. The van der Waals surface area contributed by atoms with Crippen molar-refractivity contribution in [3.63, 3.8) is 0 Å². The zero-order valence-corrected chi connectivity index (χ0v) is 13.1. The van der Waals surface area contributed by atoms with E-state index in [1.165, 1.54) is 30.6 Å². The van der Waals surface area contributed by atoms with E-state index in [9.17, 15) is 4.79 Å². The molecule has 0 aliphatic heterocycles. The van der Waals surface area contributed by atoms with Crippen molar-refractivity contribution < 1.29 is 4.79 Å². The van der Waals surface area contributed by atoms with Crippen LogP contribution in [-0.2, 0) is 4.79 Å². The number of carbonyl (C=O) groups excluding carboxylic acids is 1. The fourth-order valence-electron chi connectivity index (χ4n) is 3.01. The summed E-state index contributed by atoms with van der Waals surface area (Å²) in [6.07, 6.45) is 7.47. The van der Waals surface area contributed by atoms with Crippen molar-refractivity contribution in [2.45, 2.75) is 64.0 Å². The summed E-state index contributed by atoms with van der Waals surface area (Å²) >= 11 is 1.75. The lowest BCUT2D eigenvalue weighted by Crippen LogP contribution is -2.32. The van der Waals surface area contributed by atoms with E-state index >= 15 is 0 Å². The molecule has 0 saturated heterocycles. The number of nitrogens with two attached hydrogens (primary N) is 1. The molecule has 3 nitrogen and oxygen atoms in total. The Morgan fingerprint density at radius 2 is 2.25 bits per heavy atom. The van der Waals surface area contributed by atoms with Gasteiger partial charge >= 0.3 is 0 Å². The minimum atomic E-state index is 0.177. The van der Waals surface area contributed by atoms with Crippen molar-refractivity contribution in [1.82, 2.24) is 5.32 Å². The van der Waals surface area contributed by atoms with Gasteiger partial charge in [-0.2, -0.15) is 0 Å². The fourth-order valence-corrected chi connectivity index (χ4v) is 3.88. The van der Waals surface area contributed by atoms with Crippen molar-refractivity contribution in [2.75, 3.05) is 0 Å². The maximum atomic E-state index is 12.1.